The highest BCUT2D eigenvalue weighted by Crippen LogP contribution is 2.33. The van der Waals surface area contributed by atoms with Crippen LogP contribution in [0.4, 0.5) is 11.6 Å². The highest BCUT2D eigenvalue weighted by Gasteiger charge is 2.35. The fourth-order valence-corrected chi connectivity index (χ4v) is 4.79. The Morgan fingerprint density at radius 2 is 1.70 bits per heavy atom. The third kappa shape index (κ3) is 4.74. The molecular formula is C24H33N5O. The first kappa shape index (κ1) is 20.6. The van der Waals surface area contributed by atoms with Gasteiger partial charge in [0.15, 0.2) is 11.6 Å². The first-order valence-corrected chi connectivity index (χ1v) is 11.2. The number of amides is 1. The third-order valence-corrected chi connectivity index (χ3v) is 6.57. The molecule has 2 fully saturated rings. The molecule has 0 saturated carbocycles. The maximum atomic E-state index is 13.4. The molecule has 30 heavy (non-hydrogen) atoms. The van der Waals surface area contributed by atoms with Gasteiger partial charge >= 0.3 is 0 Å². The number of carbonyl (C=O) groups excluding carboxylic acids is 1. The van der Waals surface area contributed by atoms with E-state index in [1.807, 2.05) is 31.1 Å². The zero-order chi connectivity index (χ0) is 20.9. The van der Waals surface area contributed by atoms with Crippen molar-refractivity contribution in [1.29, 1.82) is 0 Å². The molecule has 0 spiro atoms. The second-order valence-corrected chi connectivity index (χ2v) is 8.82. The molecule has 2 aliphatic rings. The number of hydrogen-bond donors (Lipinski definition) is 0. The summed E-state index contributed by atoms with van der Waals surface area (Å²) in [6.45, 7) is 3.52. The van der Waals surface area contributed by atoms with Gasteiger partial charge in [-0.3, -0.25) is 4.79 Å². The molecule has 1 atom stereocenters. The molecule has 4 rings (SSSR count). The number of piperidine rings is 1. The Bertz CT molecular complexity index is 815. The molecular weight excluding hydrogens is 374 g/mol. The van der Waals surface area contributed by atoms with Gasteiger partial charge < -0.3 is 14.7 Å². The van der Waals surface area contributed by atoms with Crippen molar-refractivity contribution in [3.05, 3.63) is 48.0 Å². The van der Waals surface area contributed by atoms with Gasteiger partial charge in [0, 0.05) is 46.2 Å². The number of carbonyl (C=O) groups is 1. The molecule has 2 aliphatic heterocycles. The number of likely N-dealkylation sites (tertiary alicyclic amines) is 1. The number of aromatic nitrogens is 2. The highest BCUT2D eigenvalue weighted by molar-refractivity contribution is 5.79. The van der Waals surface area contributed by atoms with Gasteiger partial charge in [0.2, 0.25) is 5.91 Å². The van der Waals surface area contributed by atoms with E-state index in [9.17, 15) is 4.79 Å². The van der Waals surface area contributed by atoms with Crippen molar-refractivity contribution in [2.24, 2.45) is 11.8 Å². The summed E-state index contributed by atoms with van der Waals surface area (Å²) >= 11 is 0. The predicted octanol–water partition coefficient (Wildman–Crippen LogP) is 3.59. The molecule has 6 nitrogen and oxygen atoms in total. The van der Waals surface area contributed by atoms with E-state index < -0.39 is 0 Å². The van der Waals surface area contributed by atoms with Crippen molar-refractivity contribution >= 4 is 17.5 Å². The van der Waals surface area contributed by atoms with Crippen LogP contribution in [-0.2, 0) is 11.3 Å². The summed E-state index contributed by atoms with van der Waals surface area (Å²) in [5.74, 6) is 2.82. The number of rotatable bonds is 5. The molecule has 0 bridgehead atoms. The molecule has 3 heterocycles. The Balaban J connectivity index is 1.37. The Morgan fingerprint density at radius 3 is 2.37 bits per heavy atom. The maximum Gasteiger partial charge on any atom is 0.226 e. The first-order chi connectivity index (χ1) is 14.6. The minimum atomic E-state index is 0.167. The van der Waals surface area contributed by atoms with Gasteiger partial charge in [-0.2, -0.15) is 0 Å². The van der Waals surface area contributed by atoms with Crippen molar-refractivity contribution in [2.45, 2.75) is 38.6 Å². The lowest BCUT2D eigenvalue weighted by Gasteiger charge is -2.37. The van der Waals surface area contributed by atoms with Gasteiger partial charge in [0.25, 0.3) is 0 Å². The van der Waals surface area contributed by atoms with E-state index in [4.69, 9.17) is 0 Å². The molecule has 160 valence electrons. The number of anilines is 2. The molecule has 1 aromatic heterocycles. The van der Waals surface area contributed by atoms with Crippen molar-refractivity contribution in [2.75, 3.05) is 43.5 Å². The number of benzene rings is 1. The van der Waals surface area contributed by atoms with E-state index in [2.05, 4.69) is 50.3 Å². The highest BCUT2D eigenvalue weighted by atomic mass is 16.2. The van der Waals surface area contributed by atoms with E-state index in [1.54, 1.807) is 0 Å². The first-order valence-electron chi connectivity index (χ1n) is 11.2. The second-order valence-electron chi connectivity index (χ2n) is 8.82. The topological polar surface area (TPSA) is 52.6 Å². The Morgan fingerprint density at radius 1 is 0.933 bits per heavy atom. The fraction of sp³-hybridized carbons (Fsp3) is 0.542. The van der Waals surface area contributed by atoms with Gasteiger partial charge in [0.05, 0.1) is 0 Å². The van der Waals surface area contributed by atoms with Gasteiger partial charge in [0.1, 0.15) is 0 Å². The molecule has 0 unspecified atom stereocenters. The standard InChI is InChI=1S/C24H33N5O/c1-27(2)22-11-12-23(26-25-22)28-16-13-20(14-17-28)21-10-6-7-15-29(24(21)30)18-19-8-4-3-5-9-19/h3-5,8-9,11-12,20-21H,6-7,10,13-18H2,1-2H3/t21-/m1/s1. The molecule has 0 aliphatic carbocycles. The zero-order valence-electron chi connectivity index (χ0n) is 18.2. The summed E-state index contributed by atoms with van der Waals surface area (Å²) in [6.07, 6.45) is 5.40. The van der Waals surface area contributed by atoms with Gasteiger partial charge in [-0.25, -0.2) is 0 Å². The lowest BCUT2D eigenvalue weighted by Crippen LogP contribution is -2.42. The molecule has 0 radical (unpaired) electrons. The predicted molar refractivity (Wildman–Crippen MR) is 120 cm³/mol. The van der Waals surface area contributed by atoms with E-state index in [1.165, 1.54) is 5.56 Å². The molecule has 6 heteroatoms. The summed E-state index contributed by atoms with van der Waals surface area (Å²) in [4.78, 5) is 19.8. The van der Waals surface area contributed by atoms with E-state index in [0.717, 1.165) is 69.9 Å². The quantitative estimate of drug-likeness (QED) is 0.758. The van der Waals surface area contributed by atoms with E-state index in [0.29, 0.717) is 11.8 Å². The van der Waals surface area contributed by atoms with Crippen molar-refractivity contribution in [3.8, 4) is 0 Å². The lowest BCUT2D eigenvalue weighted by molar-refractivity contribution is -0.137. The lowest BCUT2D eigenvalue weighted by atomic mass is 9.81. The summed E-state index contributed by atoms with van der Waals surface area (Å²) < 4.78 is 0. The second kappa shape index (κ2) is 9.45. The molecule has 2 aromatic rings. The summed E-state index contributed by atoms with van der Waals surface area (Å²) in [5, 5.41) is 8.72. The monoisotopic (exact) mass is 407 g/mol. The van der Waals surface area contributed by atoms with Gasteiger partial charge in [-0.1, -0.05) is 36.8 Å². The Kier molecular flexibility index (Phi) is 6.50. The maximum absolute atomic E-state index is 13.4. The average molecular weight is 408 g/mol. The average Bonchev–Trinajstić information content (AvgIpc) is 2.96. The van der Waals surface area contributed by atoms with Crippen LogP contribution in [0, 0.1) is 11.8 Å². The SMILES string of the molecule is CN(C)c1ccc(N2CCC([C@H]3CCCCN(Cc4ccccc4)C3=O)CC2)nn1. The van der Waals surface area contributed by atoms with Crippen LogP contribution in [0.1, 0.15) is 37.7 Å². The van der Waals surface area contributed by atoms with Crippen molar-refractivity contribution in [3.63, 3.8) is 0 Å². The van der Waals surface area contributed by atoms with Gasteiger partial charge in [-0.15, -0.1) is 10.2 Å². The largest absolute Gasteiger partial charge is 0.361 e. The van der Waals surface area contributed by atoms with E-state index in [-0.39, 0.29) is 5.92 Å². The molecule has 1 aromatic carbocycles. The normalized spacial score (nSPS) is 20.9. The minimum absolute atomic E-state index is 0.167. The number of hydrogen-bond acceptors (Lipinski definition) is 5. The Hall–Kier alpha value is -2.63. The molecule has 2 saturated heterocycles. The van der Waals surface area contributed by atoms with Crippen LogP contribution in [0.2, 0.25) is 0 Å². The summed E-state index contributed by atoms with van der Waals surface area (Å²) in [7, 11) is 3.94. The van der Waals surface area contributed by atoms with Crippen LogP contribution in [0.5, 0.6) is 0 Å². The molecule has 0 N–H and O–H groups in total. The van der Waals surface area contributed by atoms with Crippen molar-refractivity contribution in [1.82, 2.24) is 15.1 Å². The third-order valence-electron chi connectivity index (χ3n) is 6.57. The van der Waals surface area contributed by atoms with Crippen LogP contribution in [0.3, 0.4) is 0 Å². The minimum Gasteiger partial charge on any atom is -0.361 e. The smallest absolute Gasteiger partial charge is 0.226 e. The van der Waals surface area contributed by atoms with E-state index >= 15 is 0 Å². The molecule has 1 amide bonds. The zero-order valence-corrected chi connectivity index (χ0v) is 18.2. The fourth-order valence-electron chi connectivity index (χ4n) is 4.79. The van der Waals surface area contributed by atoms with Crippen LogP contribution >= 0.6 is 0 Å². The van der Waals surface area contributed by atoms with Crippen LogP contribution in [-0.4, -0.2) is 54.7 Å². The van der Waals surface area contributed by atoms with Gasteiger partial charge in [-0.05, 0) is 49.3 Å². The van der Waals surface area contributed by atoms with Crippen LogP contribution in [0.15, 0.2) is 42.5 Å². The summed E-state index contributed by atoms with van der Waals surface area (Å²) in [6, 6.07) is 14.5. The summed E-state index contributed by atoms with van der Waals surface area (Å²) in [5.41, 5.74) is 1.22. The Labute approximate surface area is 179 Å². The van der Waals surface area contributed by atoms with Crippen LogP contribution < -0.4 is 9.80 Å². The van der Waals surface area contributed by atoms with Crippen molar-refractivity contribution < 1.29 is 4.79 Å². The number of nitrogens with zero attached hydrogens (tertiary/aromatic N) is 5. The van der Waals surface area contributed by atoms with Crippen LogP contribution in [0.25, 0.3) is 0 Å².